The quantitative estimate of drug-likeness (QED) is 0.395. The van der Waals surface area contributed by atoms with Crippen molar-refractivity contribution in [2.24, 2.45) is 0 Å². The van der Waals surface area contributed by atoms with Crippen LogP contribution in [0.5, 0.6) is 0 Å². The minimum Gasteiger partial charge on any atom is -0.479 e. The summed E-state index contributed by atoms with van der Waals surface area (Å²) in [5, 5.41) is 35.1. The predicted octanol–water partition coefficient (Wildman–Crippen LogP) is 1.56. The molecule has 3 aromatic rings. The molecule has 0 aliphatic rings. The first-order valence-electron chi connectivity index (χ1n) is 9.56. The number of carbonyl (C=O) groups is 3. The number of amides is 1. The number of benzene rings is 2. The molecule has 0 radical (unpaired) electrons. The van der Waals surface area contributed by atoms with Gasteiger partial charge >= 0.3 is 11.9 Å². The van der Waals surface area contributed by atoms with E-state index in [1.807, 2.05) is 0 Å². The van der Waals surface area contributed by atoms with Crippen molar-refractivity contribution in [2.45, 2.75) is 25.1 Å². The van der Waals surface area contributed by atoms with Gasteiger partial charge in [-0.1, -0.05) is 42.5 Å². The van der Waals surface area contributed by atoms with Gasteiger partial charge in [0.15, 0.2) is 11.8 Å². The van der Waals surface area contributed by atoms with E-state index in [4.69, 9.17) is 0 Å². The van der Waals surface area contributed by atoms with Gasteiger partial charge in [-0.15, -0.1) is 0 Å². The highest BCUT2D eigenvalue weighted by Crippen LogP contribution is 2.12. The largest absolute Gasteiger partial charge is 0.479 e. The molecule has 0 bridgehead atoms. The molecule has 3 rings (SSSR count). The van der Waals surface area contributed by atoms with Crippen LogP contribution in [0.1, 0.15) is 32.1 Å². The first kappa shape index (κ1) is 22.6. The Bertz CT molecular complexity index is 1110. The molecule has 32 heavy (non-hydrogen) atoms. The lowest BCUT2D eigenvalue weighted by Crippen LogP contribution is -2.48. The molecule has 1 aromatic heterocycles. The Morgan fingerprint density at radius 1 is 1.00 bits per heavy atom. The molecule has 2 atom stereocenters. The molecule has 1 amide bonds. The topological polar surface area (TPSA) is 142 Å². The normalized spacial score (nSPS) is 12.7. The molecule has 0 aliphatic heterocycles. The van der Waals surface area contributed by atoms with Gasteiger partial charge in [0.1, 0.15) is 11.5 Å². The van der Waals surface area contributed by atoms with E-state index < -0.39 is 35.8 Å². The molecule has 4 N–H and O–H groups in total. The Morgan fingerprint density at radius 2 is 1.66 bits per heavy atom. The van der Waals surface area contributed by atoms with Crippen molar-refractivity contribution >= 4 is 17.8 Å². The van der Waals surface area contributed by atoms with Crippen LogP contribution in [0.25, 0.3) is 0 Å². The van der Waals surface area contributed by atoms with Crippen molar-refractivity contribution in [1.29, 1.82) is 0 Å². The molecule has 10 heteroatoms. The van der Waals surface area contributed by atoms with E-state index in [1.165, 1.54) is 24.3 Å². The maximum atomic E-state index is 13.1. The monoisotopic (exact) mass is 441 g/mol. The highest BCUT2D eigenvalue weighted by Gasteiger charge is 2.29. The van der Waals surface area contributed by atoms with Crippen molar-refractivity contribution in [1.82, 2.24) is 15.1 Å². The van der Waals surface area contributed by atoms with Crippen LogP contribution in [0, 0.1) is 5.82 Å². The molecule has 0 aliphatic carbocycles. The zero-order valence-corrected chi connectivity index (χ0v) is 16.7. The fourth-order valence-corrected chi connectivity index (χ4v) is 3.11. The fraction of sp³-hybridized carbons (Fsp3) is 0.182. The minimum atomic E-state index is -1.89. The van der Waals surface area contributed by atoms with Gasteiger partial charge in [0, 0.05) is 6.07 Å². The number of aliphatic hydroxyl groups is 1. The number of hydrogen-bond acceptors (Lipinski definition) is 5. The second-order valence-electron chi connectivity index (χ2n) is 7.06. The summed E-state index contributed by atoms with van der Waals surface area (Å²) in [7, 11) is 0. The minimum absolute atomic E-state index is 0.0274. The van der Waals surface area contributed by atoms with E-state index in [0.29, 0.717) is 11.1 Å². The van der Waals surface area contributed by atoms with Crippen molar-refractivity contribution in [3.05, 3.63) is 89.0 Å². The number of carbonyl (C=O) groups excluding carboxylic acids is 1. The van der Waals surface area contributed by atoms with Crippen molar-refractivity contribution in [3.63, 3.8) is 0 Å². The van der Waals surface area contributed by atoms with Crippen LogP contribution in [0.2, 0.25) is 0 Å². The summed E-state index contributed by atoms with van der Waals surface area (Å²) < 4.78 is 14.2. The molecule has 2 aromatic carbocycles. The van der Waals surface area contributed by atoms with Gasteiger partial charge in [-0.05, 0) is 29.7 Å². The fourth-order valence-electron chi connectivity index (χ4n) is 3.11. The number of nitrogens with zero attached hydrogens (tertiary/aromatic N) is 2. The number of aliphatic carboxylic acids is 1. The number of nitrogens with one attached hydrogen (secondary N) is 1. The zero-order valence-electron chi connectivity index (χ0n) is 16.7. The van der Waals surface area contributed by atoms with Crippen LogP contribution < -0.4 is 5.32 Å². The van der Waals surface area contributed by atoms with Crippen LogP contribution in [-0.4, -0.2) is 55.1 Å². The highest BCUT2D eigenvalue weighted by atomic mass is 19.1. The Hall–Kier alpha value is -4.05. The van der Waals surface area contributed by atoms with Gasteiger partial charge in [-0.2, -0.15) is 5.10 Å². The van der Waals surface area contributed by atoms with Crippen LogP contribution >= 0.6 is 0 Å². The molecule has 0 saturated carbocycles. The van der Waals surface area contributed by atoms with E-state index in [1.54, 1.807) is 30.3 Å². The van der Waals surface area contributed by atoms with E-state index in [-0.39, 0.29) is 24.4 Å². The molecule has 166 valence electrons. The summed E-state index contributed by atoms with van der Waals surface area (Å²) in [6.07, 6.45) is -1.86. The van der Waals surface area contributed by atoms with Gasteiger partial charge in [0.2, 0.25) is 0 Å². The molecule has 1 heterocycles. The summed E-state index contributed by atoms with van der Waals surface area (Å²) in [5.41, 5.74) is 0.705. The Balaban J connectivity index is 1.83. The summed E-state index contributed by atoms with van der Waals surface area (Å²) in [6, 6.07) is 13.9. The molecule has 0 unspecified atom stereocenters. The van der Waals surface area contributed by atoms with Crippen molar-refractivity contribution in [3.8, 4) is 0 Å². The van der Waals surface area contributed by atoms with Gasteiger partial charge in [-0.25, -0.2) is 14.0 Å². The van der Waals surface area contributed by atoms with Crippen LogP contribution in [-0.2, 0) is 17.8 Å². The third-order valence-corrected chi connectivity index (χ3v) is 4.73. The van der Waals surface area contributed by atoms with E-state index in [0.717, 1.165) is 10.7 Å². The molecular weight excluding hydrogens is 421 g/mol. The average molecular weight is 441 g/mol. The lowest BCUT2D eigenvalue weighted by atomic mass is 10.0. The smallest absolute Gasteiger partial charge is 0.354 e. The standard InChI is InChI=1S/C22H20FN3O6/c23-15-8-6-14(7-9-15)12-26-18(21(29)30)11-17(25-26)20(28)24-16(19(27)22(31)32)10-13-4-2-1-3-5-13/h1-9,11,16,19,27H,10,12H2,(H,24,28)(H,29,30)(H,31,32)/t16-,19-/m1/s1. The van der Waals surface area contributed by atoms with Gasteiger partial charge in [0.05, 0.1) is 12.6 Å². The van der Waals surface area contributed by atoms with Crippen molar-refractivity contribution in [2.75, 3.05) is 0 Å². The molecule has 0 saturated heterocycles. The molecule has 0 spiro atoms. The molecule has 9 nitrogen and oxygen atoms in total. The lowest BCUT2D eigenvalue weighted by molar-refractivity contribution is -0.148. The lowest BCUT2D eigenvalue weighted by Gasteiger charge is -2.21. The maximum Gasteiger partial charge on any atom is 0.354 e. The Morgan fingerprint density at radius 3 is 2.25 bits per heavy atom. The zero-order chi connectivity index (χ0) is 23.3. The van der Waals surface area contributed by atoms with Crippen molar-refractivity contribution < 1.29 is 34.1 Å². The molecular formula is C22H20FN3O6. The number of rotatable bonds is 9. The third kappa shape index (κ3) is 5.55. The number of hydrogen-bond donors (Lipinski definition) is 4. The number of carboxylic acid groups (broad SMARTS) is 2. The van der Waals surface area contributed by atoms with E-state index in [2.05, 4.69) is 10.4 Å². The van der Waals surface area contributed by atoms with Crippen LogP contribution in [0.15, 0.2) is 60.7 Å². The SMILES string of the molecule is O=C(N[C@H](Cc1ccccc1)[C@@H](O)C(=O)O)c1cc(C(=O)O)n(Cc2ccc(F)cc2)n1. The maximum absolute atomic E-state index is 13.1. The third-order valence-electron chi connectivity index (χ3n) is 4.73. The number of carboxylic acids is 2. The number of halogens is 1. The summed E-state index contributed by atoms with van der Waals surface area (Å²) >= 11 is 0. The van der Waals surface area contributed by atoms with Crippen LogP contribution in [0.4, 0.5) is 4.39 Å². The second-order valence-corrected chi connectivity index (χ2v) is 7.06. The second kappa shape index (κ2) is 9.84. The molecule has 0 fully saturated rings. The highest BCUT2D eigenvalue weighted by molar-refractivity contribution is 5.96. The average Bonchev–Trinajstić information content (AvgIpc) is 3.19. The Kier molecular flexibility index (Phi) is 6.96. The summed E-state index contributed by atoms with van der Waals surface area (Å²) in [4.78, 5) is 35.6. The number of aromatic carboxylic acids is 1. The summed E-state index contributed by atoms with van der Waals surface area (Å²) in [5.74, 6) is -4.13. The van der Waals surface area contributed by atoms with E-state index in [9.17, 15) is 34.1 Å². The number of aliphatic hydroxyl groups excluding tert-OH is 1. The van der Waals surface area contributed by atoms with Crippen LogP contribution in [0.3, 0.4) is 0 Å². The Labute approximate surface area is 181 Å². The van der Waals surface area contributed by atoms with Gasteiger partial charge < -0.3 is 20.6 Å². The van der Waals surface area contributed by atoms with E-state index >= 15 is 0 Å². The number of aromatic nitrogens is 2. The first-order valence-corrected chi connectivity index (χ1v) is 9.56. The summed E-state index contributed by atoms with van der Waals surface area (Å²) in [6.45, 7) is -0.0274. The van der Waals surface area contributed by atoms with Gasteiger partial charge in [-0.3, -0.25) is 9.48 Å². The van der Waals surface area contributed by atoms with Gasteiger partial charge in [0.25, 0.3) is 5.91 Å². The first-order chi connectivity index (χ1) is 15.2. The predicted molar refractivity (Wildman–Crippen MR) is 110 cm³/mol.